The van der Waals surface area contributed by atoms with E-state index in [-0.39, 0.29) is 6.54 Å². The molecule has 6 heteroatoms. The normalized spacial score (nSPS) is 19.9. The number of aromatic nitrogens is 2. The predicted molar refractivity (Wildman–Crippen MR) is 65.7 cm³/mol. The Morgan fingerprint density at radius 1 is 1.53 bits per heavy atom. The topological polar surface area (TPSA) is 76.9 Å². The first-order valence-corrected chi connectivity index (χ1v) is 5.66. The highest BCUT2D eigenvalue weighted by molar-refractivity contribution is 5.47. The maximum Gasteiger partial charge on any atom is 0.132 e. The van der Waals surface area contributed by atoms with Gasteiger partial charge in [-0.05, 0) is 20.0 Å². The van der Waals surface area contributed by atoms with Crippen LogP contribution in [0.1, 0.15) is 6.42 Å². The molecule has 1 unspecified atom stereocenters. The van der Waals surface area contributed by atoms with E-state index in [1.807, 2.05) is 12.1 Å². The summed E-state index contributed by atoms with van der Waals surface area (Å²) in [6, 6.07) is 4.29. The van der Waals surface area contributed by atoms with Crippen LogP contribution in [0.25, 0.3) is 0 Å². The average molecular weight is 232 g/mol. The molecular formula is C11H16N6. The second-order valence-corrected chi connectivity index (χ2v) is 4.19. The number of nitrogens with zero attached hydrogens (tertiary/aromatic N) is 4. The molecule has 2 N–H and O–H groups in total. The van der Waals surface area contributed by atoms with Gasteiger partial charge in [-0.3, -0.25) is 0 Å². The summed E-state index contributed by atoms with van der Waals surface area (Å²) in [5.74, 6) is 1.48. The zero-order valence-electron chi connectivity index (χ0n) is 9.85. The first-order valence-electron chi connectivity index (χ1n) is 5.66. The van der Waals surface area contributed by atoms with Crippen molar-refractivity contribution in [1.82, 2.24) is 14.9 Å². The lowest BCUT2D eigenvalue weighted by atomic mass is 10.2. The third kappa shape index (κ3) is 3.29. The van der Waals surface area contributed by atoms with Gasteiger partial charge < -0.3 is 15.5 Å². The third-order valence-corrected chi connectivity index (χ3v) is 2.76. The second kappa shape index (κ2) is 5.46. The molecule has 1 aromatic heterocycles. The highest BCUT2D eigenvalue weighted by atomic mass is 15.2. The van der Waals surface area contributed by atoms with Crippen LogP contribution in [0.3, 0.4) is 0 Å². The van der Waals surface area contributed by atoms with Crippen LogP contribution >= 0.6 is 0 Å². The molecule has 1 saturated heterocycles. The third-order valence-electron chi connectivity index (χ3n) is 2.76. The zero-order chi connectivity index (χ0) is 12.1. The van der Waals surface area contributed by atoms with E-state index in [4.69, 9.17) is 5.26 Å². The molecule has 1 fully saturated rings. The van der Waals surface area contributed by atoms with Gasteiger partial charge in [-0.2, -0.15) is 5.26 Å². The van der Waals surface area contributed by atoms with E-state index in [2.05, 4.69) is 32.5 Å². The fourth-order valence-corrected chi connectivity index (χ4v) is 1.92. The van der Waals surface area contributed by atoms with Crippen molar-refractivity contribution in [2.45, 2.75) is 12.5 Å². The highest BCUT2D eigenvalue weighted by Gasteiger charge is 2.19. The Labute approximate surface area is 101 Å². The summed E-state index contributed by atoms with van der Waals surface area (Å²) in [5, 5.41) is 14.8. The summed E-state index contributed by atoms with van der Waals surface area (Å²) in [6.45, 7) is 2.40. The van der Waals surface area contributed by atoms with Crippen molar-refractivity contribution in [1.29, 1.82) is 5.26 Å². The molecule has 0 saturated carbocycles. The minimum Gasteiger partial charge on any atom is -0.366 e. The van der Waals surface area contributed by atoms with Crippen LogP contribution in [0.5, 0.6) is 0 Å². The largest absolute Gasteiger partial charge is 0.366 e. The molecule has 17 heavy (non-hydrogen) atoms. The van der Waals surface area contributed by atoms with Crippen molar-refractivity contribution in [2.75, 3.05) is 37.3 Å². The Morgan fingerprint density at radius 3 is 3.06 bits per heavy atom. The highest BCUT2D eigenvalue weighted by Crippen LogP contribution is 2.14. The average Bonchev–Trinajstić information content (AvgIpc) is 2.73. The molecular weight excluding hydrogens is 216 g/mol. The van der Waals surface area contributed by atoms with Gasteiger partial charge in [0.05, 0.1) is 6.07 Å². The fraction of sp³-hybridized carbons (Fsp3) is 0.545. The molecule has 1 aliphatic heterocycles. The van der Waals surface area contributed by atoms with Crippen molar-refractivity contribution in [3.63, 3.8) is 0 Å². The van der Waals surface area contributed by atoms with Crippen molar-refractivity contribution in [3.05, 3.63) is 12.4 Å². The monoisotopic (exact) mass is 232 g/mol. The molecule has 0 aliphatic carbocycles. The Bertz CT molecular complexity index is 413. The minimum absolute atomic E-state index is 0.253. The van der Waals surface area contributed by atoms with Gasteiger partial charge in [-0.25, -0.2) is 9.97 Å². The van der Waals surface area contributed by atoms with Crippen LogP contribution in [-0.2, 0) is 0 Å². The van der Waals surface area contributed by atoms with Crippen molar-refractivity contribution < 1.29 is 0 Å². The number of hydrogen-bond donors (Lipinski definition) is 2. The van der Waals surface area contributed by atoms with Gasteiger partial charge in [0.2, 0.25) is 0 Å². The summed E-state index contributed by atoms with van der Waals surface area (Å²) in [7, 11) is 2.11. The van der Waals surface area contributed by atoms with Gasteiger partial charge in [-0.15, -0.1) is 0 Å². The minimum atomic E-state index is 0.253. The van der Waals surface area contributed by atoms with Crippen LogP contribution in [0, 0.1) is 11.3 Å². The molecule has 1 aromatic rings. The molecule has 0 spiro atoms. The van der Waals surface area contributed by atoms with Crippen LogP contribution in [0.15, 0.2) is 12.4 Å². The number of nitriles is 1. The molecule has 1 atom stereocenters. The molecule has 2 heterocycles. The number of rotatable bonds is 4. The SMILES string of the molecule is CN1CCC(Nc2cc(NCC#N)ncn2)C1. The van der Waals surface area contributed by atoms with Gasteiger partial charge in [0, 0.05) is 18.7 Å². The first-order chi connectivity index (χ1) is 8.28. The van der Waals surface area contributed by atoms with E-state index in [0.29, 0.717) is 11.9 Å². The Kier molecular flexibility index (Phi) is 3.73. The Balaban J connectivity index is 1.94. The summed E-state index contributed by atoms with van der Waals surface area (Å²) < 4.78 is 0. The molecule has 0 bridgehead atoms. The Hall–Kier alpha value is -1.87. The summed E-state index contributed by atoms with van der Waals surface area (Å²) in [5.41, 5.74) is 0. The summed E-state index contributed by atoms with van der Waals surface area (Å²) in [4.78, 5) is 10.5. The van der Waals surface area contributed by atoms with Crippen LogP contribution in [0.2, 0.25) is 0 Å². The predicted octanol–water partition coefficient (Wildman–Crippen LogP) is 0.528. The number of likely N-dealkylation sites (N-methyl/N-ethyl adjacent to an activating group) is 1. The molecule has 0 aromatic carbocycles. The first kappa shape index (κ1) is 11.6. The van der Waals surface area contributed by atoms with Crippen LogP contribution in [-0.4, -0.2) is 47.6 Å². The fourth-order valence-electron chi connectivity index (χ4n) is 1.92. The van der Waals surface area contributed by atoms with Gasteiger partial charge in [0.1, 0.15) is 24.5 Å². The van der Waals surface area contributed by atoms with E-state index >= 15 is 0 Å². The van der Waals surface area contributed by atoms with E-state index in [9.17, 15) is 0 Å². The summed E-state index contributed by atoms with van der Waals surface area (Å²) in [6.07, 6.45) is 2.63. The molecule has 90 valence electrons. The van der Waals surface area contributed by atoms with Gasteiger partial charge in [0.25, 0.3) is 0 Å². The maximum absolute atomic E-state index is 8.48. The number of hydrogen-bond acceptors (Lipinski definition) is 6. The Morgan fingerprint density at radius 2 is 2.35 bits per heavy atom. The summed E-state index contributed by atoms with van der Waals surface area (Å²) >= 11 is 0. The van der Waals surface area contributed by atoms with Gasteiger partial charge in [-0.1, -0.05) is 0 Å². The lowest BCUT2D eigenvalue weighted by Gasteiger charge is -2.13. The van der Waals surface area contributed by atoms with Crippen LogP contribution < -0.4 is 10.6 Å². The molecule has 0 radical (unpaired) electrons. The van der Waals surface area contributed by atoms with Gasteiger partial charge in [0.15, 0.2) is 0 Å². The van der Waals surface area contributed by atoms with Crippen LogP contribution in [0.4, 0.5) is 11.6 Å². The molecule has 1 aliphatic rings. The van der Waals surface area contributed by atoms with E-state index in [1.54, 1.807) is 0 Å². The zero-order valence-corrected chi connectivity index (χ0v) is 9.85. The van der Waals surface area contributed by atoms with Crippen molar-refractivity contribution >= 4 is 11.6 Å². The molecule has 0 amide bonds. The number of nitrogens with one attached hydrogen (secondary N) is 2. The van der Waals surface area contributed by atoms with Gasteiger partial charge >= 0.3 is 0 Å². The quantitative estimate of drug-likeness (QED) is 0.737. The second-order valence-electron chi connectivity index (χ2n) is 4.19. The molecule has 2 rings (SSSR count). The lowest BCUT2D eigenvalue weighted by molar-refractivity contribution is 0.414. The standard InChI is InChI=1S/C11H16N6/c1-17-5-2-9(7-17)16-11-6-10(13-4-3-12)14-8-15-11/h6,8-9H,2,4-5,7H2,1H3,(H2,13,14,15,16). The number of likely N-dealkylation sites (tertiary alicyclic amines) is 1. The van der Waals surface area contributed by atoms with E-state index < -0.39 is 0 Å². The van der Waals surface area contributed by atoms with Crippen molar-refractivity contribution in [3.8, 4) is 6.07 Å². The van der Waals surface area contributed by atoms with E-state index in [0.717, 1.165) is 25.3 Å². The lowest BCUT2D eigenvalue weighted by Crippen LogP contribution is -2.24. The number of anilines is 2. The van der Waals surface area contributed by atoms with Crippen molar-refractivity contribution in [2.24, 2.45) is 0 Å². The molecule has 6 nitrogen and oxygen atoms in total. The van der Waals surface area contributed by atoms with E-state index in [1.165, 1.54) is 6.33 Å². The smallest absolute Gasteiger partial charge is 0.132 e. The maximum atomic E-state index is 8.48.